The maximum atomic E-state index is 10.1. The van der Waals surface area contributed by atoms with Crippen molar-refractivity contribution in [2.45, 2.75) is 6.92 Å². The van der Waals surface area contributed by atoms with Crippen molar-refractivity contribution in [1.82, 2.24) is 0 Å². The molecule has 0 aliphatic carbocycles. The molecule has 0 aliphatic rings. The van der Waals surface area contributed by atoms with Crippen molar-refractivity contribution >= 4 is 28.2 Å². The van der Waals surface area contributed by atoms with Gasteiger partial charge in [0, 0.05) is 6.92 Å². The van der Waals surface area contributed by atoms with Crippen LogP contribution in [0.4, 0.5) is 12.9 Å². The van der Waals surface area contributed by atoms with Crippen molar-refractivity contribution in [3.8, 4) is 0 Å². The molecule has 0 atom stereocenters. The fourth-order valence-electron chi connectivity index (χ4n) is 0. The largest absolute Gasteiger partial charge is 1.00 e. The first-order valence-electron chi connectivity index (χ1n) is 3.13. The van der Waals surface area contributed by atoms with Gasteiger partial charge in [0.2, 0.25) is 0 Å². The molecule has 0 amide bonds. The molecule has 15 heteroatoms. The summed E-state index contributed by atoms with van der Waals surface area (Å²) in [6, 6.07) is 0. The molecule has 0 bridgehead atoms. The molecular weight excluding hydrogens is 248 g/mol. The molecule has 0 heterocycles. The van der Waals surface area contributed by atoms with E-state index >= 15 is 0 Å². The molecule has 0 unspecified atom stereocenters. The van der Waals surface area contributed by atoms with Crippen LogP contribution in [0.5, 0.6) is 0 Å². The molecule has 0 aromatic carbocycles. The Morgan fingerprint density at radius 1 is 0.882 bits per heavy atom. The zero-order chi connectivity index (χ0) is 14.3. The molecule has 0 aromatic heterocycles. The van der Waals surface area contributed by atoms with Crippen LogP contribution in [-0.2, 0) is 4.79 Å². The Kier molecular flexibility index (Phi) is 44.1. The van der Waals surface area contributed by atoms with Gasteiger partial charge in [-0.2, -0.15) is 0 Å². The number of hydrogen-bond donors (Lipinski definition) is 7. The third kappa shape index (κ3) is 85500. The first-order valence-corrected chi connectivity index (χ1v) is 3.13. The van der Waals surface area contributed by atoms with E-state index in [0.29, 0.717) is 0 Å². The van der Waals surface area contributed by atoms with Gasteiger partial charge in [-0.25, -0.2) is 0 Å². The summed E-state index contributed by atoms with van der Waals surface area (Å²) >= 11 is 0. The second-order valence-electron chi connectivity index (χ2n) is 1.45. The molecular formula is C2H11B3F3LiO8. The van der Waals surface area contributed by atoms with Crippen LogP contribution in [0.2, 0.25) is 0 Å². The van der Waals surface area contributed by atoms with Crippen LogP contribution in [0.25, 0.3) is 0 Å². The van der Waals surface area contributed by atoms with Gasteiger partial charge in [0.15, 0.2) is 0 Å². The first kappa shape index (κ1) is 30.1. The summed E-state index contributed by atoms with van der Waals surface area (Å²) < 4.78 is 30.3. The SMILES string of the molecule is CC(=O)O.OB(O)F.OB(O)F.OB(O)F.[H-].[Li+]. The molecule has 0 aromatic rings. The average Bonchev–Trinajstić information content (AvgIpc) is 1.76. The Balaban J connectivity index is -0.0000000257. The van der Waals surface area contributed by atoms with Crippen LogP contribution < -0.4 is 18.9 Å². The van der Waals surface area contributed by atoms with E-state index in [1.165, 1.54) is 0 Å². The van der Waals surface area contributed by atoms with Crippen molar-refractivity contribution in [2.75, 3.05) is 0 Å². The van der Waals surface area contributed by atoms with E-state index in [0.717, 1.165) is 6.92 Å². The predicted molar refractivity (Wildman–Crippen MR) is 48.3 cm³/mol. The predicted octanol–water partition coefficient (Wildman–Crippen LogP) is -6.02. The van der Waals surface area contributed by atoms with Crippen LogP contribution in [0, 0.1) is 0 Å². The van der Waals surface area contributed by atoms with Gasteiger partial charge < -0.3 is 36.7 Å². The molecule has 0 rings (SSSR count). The third-order valence-electron chi connectivity index (χ3n) is 0. The average molecular weight is 259 g/mol. The fraction of sp³-hybridized carbons (Fsp3) is 0.500. The van der Waals surface area contributed by atoms with Gasteiger partial charge in [0.1, 0.15) is 0 Å². The van der Waals surface area contributed by atoms with Crippen molar-refractivity contribution in [1.29, 1.82) is 0 Å². The van der Waals surface area contributed by atoms with Crippen molar-refractivity contribution in [2.24, 2.45) is 0 Å². The number of hydrogen-bond acceptors (Lipinski definition) is 7. The summed E-state index contributed by atoms with van der Waals surface area (Å²) in [5.41, 5.74) is 0. The van der Waals surface area contributed by atoms with Crippen LogP contribution in [0.15, 0.2) is 0 Å². The van der Waals surface area contributed by atoms with E-state index in [2.05, 4.69) is 0 Å². The molecule has 98 valence electrons. The second-order valence-corrected chi connectivity index (χ2v) is 1.45. The summed E-state index contributed by atoms with van der Waals surface area (Å²) in [6.07, 6.45) is 0. The third-order valence-corrected chi connectivity index (χ3v) is 0. The van der Waals surface area contributed by atoms with Gasteiger partial charge in [-0.05, 0) is 0 Å². The van der Waals surface area contributed by atoms with Gasteiger partial charge in [-0.3, -0.25) is 17.7 Å². The van der Waals surface area contributed by atoms with Crippen LogP contribution in [-0.4, -0.2) is 63.4 Å². The maximum absolute atomic E-state index is 10.1. The van der Waals surface area contributed by atoms with Gasteiger partial charge >= 0.3 is 41.0 Å². The minimum absolute atomic E-state index is 0. The van der Waals surface area contributed by atoms with E-state index < -0.39 is 28.2 Å². The number of halogens is 3. The summed E-state index contributed by atoms with van der Waals surface area (Å²) in [5, 5.41) is 49.1. The van der Waals surface area contributed by atoms with Gasteiger partial charge in [0.25, 0.3) is 5.97 Å². The Hall–Kier alpha value is -0.188. The van der Waals surface area contributed by atoms with Crippen molar-refractivity contribution < 1.29 is 73.3 Å². The number of carboxylic acid groups (broad SMARTS) is 1. The summed E-state index contributed by atoms with van der Waals surface area (Å²) in [6.45, 7) is 1.08. The Morgan fingerprint density at radius 2 is 0.882 bits per heavy atom. The minimum atomic E-state index is -2.67. The summed E-state index contributed by atoms with van der Waals surface area (Å²) in [4.78, 5) is 9.00. The van der Waals surface area contributed by atoms with E-state index in [9.17, 15) is 12.9 Å². The smallest absolute Gasteiger partial charge is 1.00 e. The first-order chi connectivity index (χ1) is 6.93. The van der Waals surface area contributed by atoms with Gasteiger partial charge in [-0.15, -0.1) is 0 Å². The molecule has 0 fully saturated rings. The maximum Gasteiger partial charge on any atom is 1.00 e. The van der Waals surface area contributed by atoms with E-state index in [1.807, 2.05) is 0 Å². The molecule has 0 spiro atoms. The standard InChI is InChI=1S/C2H4O2.3BFH2O2.Li.H/c1-2(3)4;3*2-1(3)4;;/h1H3,(H,3,4);3*3-4H;;/q;;;;+1;-1. The molecule has 0 saturated heterocycles. The monoisotopic (exact) mass is 260 g/mol. The number of aliphatic carboxylic acids is 1. The molecule has 17 heavy (non-hydrogen) atoms. The number of rotatable bonds is 0. The molecule has 0 radical (unpaired) electrons. The summed E-state index contributed by atoms with van der Waals surface area (Å²) in [7, 11) is -8.00. The summed E-state index contributed by atoms with van der Waals surface area (Å²) in [5.74, 6) is -0.833. The van der Waals surface area contributed by atoms with E-state index in [-0.39, 0.29) is 20.3 Å². The van der Waals surface area contributed by atoms with Crippen LogP contribution in [0.3, 0.4) is 0 Å². The Bertz CT molecular complexity index is 120. The van der Waals surface area contributed by atoms with Gasteiger partial charge in [0.05, 0.1) is 0 Å². The number of carboxylic acids is 1. The number of carbonyl (C=O) groups is 1. The normalized spacial score (nSPS) is 6.24. The molecule has 8 nitrogen and oxygen atoms in total. The molecule has 0 aliphatic heterocycles. The van der Waals surface area contributed by atoms with Crippen molar-refractivity contribution in [3.63, 3.8) is 0 Å². The van der Waals surface area contributed by atoms with Gasteiger partial charge in [-0.1, -0.05) is 0 Å². The van der Waals surface area contributed by atoms with Crippen LogP contribution >= 0.6 is 0 Å². The Morgan fingerprint density at radius 3 is 0.882 bits per heavy atom. The molecule has 0 saturated carbocycles. The van der Waals surface area contributed by atoms with Crippen molar-refractivity contribution in [3.05, 3.63) is 0 Å². The Labute approximate surface area is 109 Å². The fourth-order valence-corrected chi connectivity index (χ4v) is 0. The zero-order valence-corrected chi connectivity index (χ0v) is 8.90. The van der Waals surface area contributed by atoms with E-state index in [1.54, 1.807) is 0 Å². The quantitative estimate of drug-likeness (QED) is 0.212. The second kappa shape index (κ2) is 24.9. The molecule has 7 N–H and O–H groups in total. The zero-order valence-electron chi connectivity index (χ0n) is 9.90. The van der Waals surface area contributed by atoms with E-state index in [4.69, 9.17) is 40.0 Å². The topological polar surface area (TPSA) is 159 Å². The van der Waals surface area contributed by atoms with Crippen LogP contribution in [0.1, 0.15) is 8.35 Å². The minimum Gasteiger partial charge on any atom is -1.00 e.